The highest BCUT2D eigenvalue weighted by Crippen LogP contribution is 2.26. The second-order valence-electron chi connectivity index (χ2n) is 7.19. The van der Waals surface area contributed by atoms with Gasteiger partial charge in [0, 0.05) is 29.9 Å². The number of aromatic nitrogens is 5. The first-order valence-electron chi connectivity index (χ1n) is 9.46. The third-order valence-corrected chi connectivity index (χ3v) is 4.99. The molecule has 1 aliphatic heterocycles. The molecule has 2 amide bonds. The van der Waals surface area contributed by atoms with Gasteiger partial charge in [0.15, 0.2) is 5.65 Å². The molecular weight excluding hydrogens is 408 g/mol. The van der Waals surface area contributed by atoms with E-state index in [-0.39, 0.29) is 12.3 Å². The summed E-state index contributed by atoms with van der Waals surface area (Å²) in [5.74, 6) is 0.272. The fraction of sp³-hybridized carbons (Fsp3) is 0.263. The zero-order valence-electron chi connectivity index (χ0n) is 15.7. The van der Waals surface area contributed by atoms with Crippen LogP contribution < -0.4 is 16.0 Å². The van der Waals surface area contributed by atoms with Crippen molar-refractivity contribution in [1.29, 1.82) is 0 Å². The quantitative estimate of drug-likeness (QED) is 0.310. The lowest BCUT2D eigenvalue weighted by molar-refractivity contribution is -0.124. The molecule has 1 saturated carbocycles. The van der Waals surface area contributed by atoms with Crippen LogP contribution in [-0.4, -0.2) is 42.4 Å². The number of anilines is 2. The van der Waals surface area contributed by atoms with Crippen molar-refractivity contribution in [2.24, 2.45) is 0 Å². The van der Waals surface area contributed by atoms with Crippen LogP contribution in [0.2, 0.25) is 5.15 Å². The van der Waals surface area contributed by atoms with Gasteiger partial charge in [-0.1, -0.05) is 17.7 Å². The summed E-state index contributed by atoms with van der Waals surface area (Å²) in [5.41, 5.74) is 2.47. The number of nitrogens with zero attached hydrogens (tertiary/aromatic N) is 5. The average molecular weight is 425 g/mol. The zero-order chi connectivity index (χ0) is 20.7. The normalized spacial score (nSPS) is 17.6. The number of pyridine rings is 1. The van der Waals surface area contributed by atoms with Crippen LogP contribution in [0.4, 0.5) is 11.9 Å². The maximum atomic E-state index is 11.9. The third-order valence-electron chi connectivity index (χ3n) is 4.77. The Balaban J connectivity index is 1.49. The van der Waals surface area contributed by atoms with Crippen LogP contribution in [0.3, 0.4) is 0 Å². The number of hydrogen-bond acceptors (Lipinski definition) is 8. The van der Waals surface area contributed by atoms with Crippen molar-refractivity contribution in [3.8, 4) is 0 Å². The first kappa shape index (κ1) is 18.5. The van der Waals surface area contributed by atoms with Crippen LogP contribution in [0.5, 0.6) is 0 Å². The van der Waals surface area contributed by atoms with Gasteiger partial charge >= 0.3 is 0 Å². The predicted molar refractivity (Wildman–Crippen MR) is 110 cm³/mol. The molecular formula is C19H17ClN8O2. The second kappa shape index (κ2) is 7.38. The van der Waals surface area contributed by atoms with E-state index in [1.807, 2.05) is 6.07 Å². The van der Waals surface area contributed by atoms with Gasteiger partial charge in [0.1, 0.15) is 5.15 Å². The fourth-order valence-corrected chi connectivity index (χ4v) is 3.19. The molecule has 30 heavy (non-hydrogen) atoms. The Morgan fingerprint density at radius 1 is 1.23 bits per heavy atom. The number of halogens is 1. The van der Waals surface area contributed by atoms with Crippen molar-refractivity contribution >= 4 is 47.0 Å². The molecule has 2 fully saturated rings. The maximum Gasteiger partial charge on any atom is 0.254 e. The largest absolute Gasteiger partial charge is 0.351 e. The average Bonchev–Trinajstić information content (AvgIpc) is 3.36. The van der Waals surface area contributed by atoms with E-state index >= 15 is 0 Å². The van der Waals surface area contributed by atoms with Crippen molar-refractivity contribution < 1.29 is 9.59 Å². The molecule has 0 radical (unpaired) electrons. The topological polar surface area (TPSA) is 126 Å². The van der Waals surface area contributed by atoms with E-state index in [0.717, 1.165) is 18.4 Å². The highest BCUT2D eigenvalue weighted by atomic mass is 35.5. The maximum absolute atomic E-state index is 11.9. The van der Waals surface area contributed by atoms with Gasteiger partial charge in [-0.15, -0.1) is 0 Å². The molecule has 10 nitrogen and oxygen atoms in total. The Morgan fingerprint density at radius 3 is 2.80 bits per heavy atom. The standard InChI is InChI=1S/C19H17ClN8O2/c20-14-4-1-10(7-21-14)8-22-18-26-16-12(5-11-6-15(29)25-17(11)30)9-23-28(16)19(27-18)24-13-2-3-13/h1,4-5,7,9,13H,2-3,6,8H2,(H,25,29,30)(H2,22,24,26,27)/b11-5+. The molecule has 0 unspecified atom stereocenters. The first-order chi connectivity index (χ1) is 14.5. The number of hydrogen-bond donors (Lipinski definition) is 3. The van der Waals surface area contributed by atoms with Crippen molar-refractivity contribution in [3.05, 3.63) is 46.4 Å². The number of fused-ring (bicyclic) bond motifs is 1. The van der Waals surface area contributed by atoms with Gasteiger partial charge in [-0.25, -0.2) is 4.98 Å². The minimum atomic E-state index is -0.390. The molecule has 152 valence electrons. The van der Waals surface area contributed by atoms with E-state index in [1.165, 1.54) is 0 Å². The Bertz CT molecular complexity index is 1180. The Labute approximate surface area is 175 Å². The summed E-state index contributed by atoms with van der Waals surface area (Å²) >= 11 is 5.83. The van der Waals surface area contributed by atoms with Crippen LogP contribution in [0.25, 0.3) is 11.7 Å². The van der Waals surface area contributed by atoms with E-state index in [9.17, 15) is 9.59 Å². The molecule has 0 spiro atoms. The molecule has 0 bridgehead atoms. The van der Waals surface area contributed by atoms with Crippen molar-refractivity contribution in [3.63, 3.8) is 0 Å². The van der Waals surface area contributed by atoms with Crippen LogP contribution >= 0.6 is 11.6 Å². The van der Waals surface area contributed by atoms with Gasteiger partial charge in [-0.2, -0.15) is 19.6 Å². The molecule has 11 heteroatoms. The third kappa shape index (κ3) is 3.81. The van der Waals surface area contributed by atoms with Crippen LogP contribution in [0, 0.1) is 0 Å². The summed E-state index contributed by atoms with van der Waals surface area (Å²) in [6.45, 7) is 0.463. The first-order valence-corrected chi connectivity index (χ1v) is 9.84. The van der Waals surface area contributed by atoms with E-state index in [0.29, 0.717) is 46.4 Å². The summed E-state index contributed by atoms with van der Waals surface area (Å²) in [5, 5.41) is 13.6. The van der Waals surface area contributed by atoms with Gasteiger partial charge in [0.05, 0.1) is 12.6 Å². The van der Waals surface area contributed by atoms with E-state index < -0.39 is 5.91 Å². The summed E-state index contributed by atoms with van der Waals surface area (Å²) < 4.78 is 1.61. The smallest absolute Gasteiger partial charge is 0.254 e. The Kier molecular flexibility index (Phi) is 4.55. The van der Waals surface area contributed by atoms with Crippen molar-refractivity contribution in [2.75, 3.05) is 10.6 Å². The predicted octanol–water partition coefficient (Wildman–Crippen LogP) is 1.79. The molecule has 1 saturated heterocycles. The van der Waals surface area contributed by atoms with Crippen molar-refractivity contribution in [2.45, 2.75) is 31.8 Å². The van der Waals surface area contributed by atoms with Gasteiger partial charge in [-0.05, 0) is 30.5 Å². The summed E-state index contributed by atoms with van der Waals surface area (Å²) in [6, 6.07) is 3.95. The van der Waals surface area contributed by atoms with Gasteiger partial charge in [-0.3, -0.25) is 14.9 Å². The molecule has 0 aromatic carbocycles. The lowest BCUT2D eigenvalue weighted by Crippen LogP contribution is -2.19. The minimum Gasteiger partial charge on any atom is -0.351 e. The van der Waals surface area contributed by atoms with Crippen LogP contribution in [0.15, 0.2) is 30.1 Å². The lowest BCUT2D eigenvalue weighted by Gasteiger charge is -2.10. The number of imide groups is 1. The highest BCUT2D eigenvalue weighted by Gasteiger charge is 2.26. The number of carbonyl (C=O) groups is 2. The molecule has 3 aromatic heterocycles. The Hall–Kier alpha value is -3.53. The molecule has 3 aromatic rings. The van der Waals surface area contributed by atoms with Crippen molar-refractivity contribution in [1.82, 2.24) is 29.9 Å². The molecule has 1 aliphatic carbocycles. The summed E-state index contributed by atoms with van der Waals surface area (Å²) in [6.07, 6.45) is 7.13. The number of nitrogens with one attached hydrogen (secondary N) is 3. The molecule has 2 aliphatic rings. The van der Waals surface area contributed by atoms with Crippen LogP contribution in [0.1, 0.15) is 30.4 Å². The van der Waals surface area contributed by atoms with E-state index in [1.54, 1.807) is 29.1 Å². The summed E-state index contributed by atoms with van der Waals surface area (Å²) in [4.78, 5) is 36.6. The van der Waals surface area contributed by atoms with Gasteiger partial charge < -0.3 is 10.6 Å². The number of amides is 2. The van der Waals surface area contributed by atoms with Gasteiger partial charge in [0.25, 0.3) is 5.91 Å². The molecule has 5 rings (SSSR count). The monoisotopic (exact) mass is 424 g/mol. The number of carbonyl (C=O) groups excluding carboxylic acids is 2. The van der Waals surface area contributed by atoms with E-state index in [4.69, 9.17) is 11.6 Å². The minimum absolute atomic E-state index is 0.0448. The highest BCUT2D eigenvalue weighted by molar-refractivity contribution is 6.29. The molecule has 3 N–H and O–H groups in total. The Morgan fingerprint density at radius 2 is 2.10 bits per heavy atom. The summed E-state index contributed by atoms with van der Waals surface area (Å²) in [7, 11) is 0. The molecule has 0 atom stereocenters. The van der Waals surface area contributed by atoms with Gasteiger partial charge in [0.2, 0.25) is 17.8 Å². The SMILES string of the molecule is O=C1C/C(=C\c2cnn3c(NC4CC4)nc(NCc4ccc(Cl)nc4)nc23)C(=O)N1. The second-order valence-corrected chi connectivity index (χ2v) is 7.58. The number of rotatable bonds is 6. The fourth-order valence-electron chi connectivity index (χ4n) is 3.08. The zero-order valence-corrected chi connectivity index (χ0v) is 16.5. The van der Waals surface area contributed by atoms with E-state index in [2.05, 4.69) is 36.0 Å². The van der Waals surface area contributed by atoms with Crippen LogP contribution in [-0.2, 0) is 16.1 Å². The lowest BCUT2D eigenvalue weighted by atomic mass is 10.1. The molecule has 4 heterocycles.